The third kappa shape index (κ3) is 4.73. The number of nitrogens with one attached hydrogen (secondary N) is 1. The molecule has 0 heterocycles. The van der Waals surface area contributed by atoms with E-state index >= 15 is 0 Å². The summed E-state index contributed by atoms with van der Waals surface area (Å²) in [6.07, 6.45) is 0.293. The quantitative estimate of drug-likeness (QED) is 0.830. The van der Waals surface area contributed by atoms with E-state index in [-0.39, 0.29) is 11.9 Å². The molecule has 23 heavy (non-hydrogen) atoms. The number of hydrogen-bond acceptors (Lipinski definition) is 3. The SMILES string of the molecule is COc1ccc(CC(=O)N[C@@H](C)c2ccc(Br)cc2)cc1OC. The number of ether oxygens (including phenoxy) is 2. The van der Waals surface area contributed by atoms with Crippen LogP contribution in [0.1, 0.15) is 24.1 Å². The van der Waals surface area contributed by atoms with Gasteiger partial charge in [-0.05, 0) is 42.3 Å². The van der Waals surface area contributed by atoms with Crippen molar-refractivity contribution in [1.29, 1.82) is 0 Å². The van der Waals surface area contributed by atoms with Gasteiger partial charge in [-0.1, -0.05) is 34.1 Å². The average molecular weight is 378 g/mol. The van der Waals surface area contributed by atoms with Gasteiger partial charge in [-0.15, -0.1) is 0 Å². The normalized spacial score (nSPS) is 11.7. The lowest BCUT2D eigenvalue weighted by Gasteiger charge is -2.15. The minimum Gasteiger partial charge on any atom is -0.493 e. The number of carbonyl (C=O) groups is 1. The summed E-state index contributed by atoms with van der Waals surface area (Å²) in [5, 5.41) is 3.00. The van der Waals surface area contributed by atoms with Crippen molar-refractivity contribution >= 4 is 21.8 Å². The summed E-state index contributed by atoms with van der Waals surface area (Å²) >= 11 is 3.41. The maximum atomic E-state index is 12.2. The molecule has 4 nitrogen and oxygen atoms in total. The molecule has 0 saturated carbocycles. The second-order valence-electron chi connectivity index (χ2n) is 5.21. The summed E-state index contributed by atoms with van der Waals surface area (Å²) in [5.74, 6) is 1.24. The zero-order valence-electron chi connectivity index (χ0n) is 13.4. The smallest absolute Gasteiger partial charge is 0.224 e. The van der Waals surface area contributed by atoms with E-state index in [2.05, 4.69) is 21.2 Å². The molecule has 0 fully saturated rings. The van der Waals surface area contributed by atoms with E-state index in [0.717, 1.165) is 15.6 Å². The Kier molecular flexibility index (Phi) is 6.04. The topological polar surface area (TPSA) is 47.6 Å². The molecule has 0 aliphatic carbocycles. The summed E-state index contributed by atoms with van der Waals surface area (Å²) in [5.41, 5.74) is 1.94. The van der Waals surface area contributed by atoms with Gasteiger partial charge in [0.25, 0.3) is 0 Å². The number of methoxy groups -OCH3 is 2. The first-order valence-electron chi connectivity index (χ1n) is 7.29. The van der Waals surface area contributed by atoms with E-state index in [0.29, 0.717) is 17.9 Å². The summed E-state index contributed by atoms with van der Waals surface area (Å²) in [7, 11) is 3.17. The monoisotopic (exact) mass is 377 g/mol. The molecule has 0 aliphatic heterocycles. The van der Waals surface area contributed by atoms with Crippen molar-refractivity contribution < 1.29 is 14.3 Å². The van der Waals surface area contributed by atoms with Gasteiger partial charge in [0.1, 0.15) is 0 Å². The second-order valence-corrected chi connectivity index (χ2v) is 6.12. The van der Waals surface area contributed by atoms with Crippen LogP contribution >= 0.6 is 15.9 Å². The van der Waals surface area contributed by atoms with Gasteiger partial charge in [0.2, 0.25) is 5.91 Å². The number of hydrogen-bond donors (Lipinski definition) is 1. The zero-order chi connectivity index (χ0) is 16.8. The molecule has 0 radical (unpaired) electrons. The Hall–Kier alpha value is -2.01. The predicted molar refractivity (Wildman–Crippen MR) is 93.9 cm³/mol. The Morgan fingerprint density at radius 3 is 2.35 bits per heavy atom. The van der Waals surface area contributed by atoms with Crippen LogP contribution in [0.3, 0.4) is 0 Å². The van der Waals surface area contributed by atoms with E-state index in [9.17, 15) is 4.79 Å². The summed E-state index contributed by atoms with van der Waals surface area (Å²) < 4.78 is 11.5. The van der Waals surface area contributed by atoms with Crippen molar-refractivity contribution in [3.63, 3.8) is 0 Å². The molecule has 1 N–H and O–H groups in total. The first-order valence-corrected chi connectivity index (χ1v) is 8.08. The lowest BCUT2D eigenvalue weighted by molar-refractivity contribution is -0.121. The Morgan fingerprint density at radius 1 is 1.09 bits per heavy atom. The fourth-order valence-corrected chi connectivity index (χ4v) is 2.57. The molecule has 0 saturated heterocycles. The highest BCUT2D eigenvalue weighted by Gasteiger charge is 2.12. The lowest BCUT2D eigenvalue weighted by Crippen LogP contribution is -2.28. The Labute approximate surface area is 144 Å². The fourth-order valence-electron chi connectivity index (χ4n) is 2.30. The van der Waals surface area contributed by atoms with Gasteiger partial charge in [0.05, 0.1) is 26.7 Å². The molecule has 0 spiro atoms. The number of amides is 1. The summed E-state index contributed by atoms with van der Waals surface area (Å²) in [6.45, 7) is 1.97. The number of rotatable bonds is 6. The van der Waals surface area contributed by atoms with E-state index < -0.39 is 0 Å². The van der Waals surface area contributed by atoms with Gasteiger partial charge < -0.3 is 14.8 Å². The van der Waals surface area contributed by atoms with Crippen molar-refractivity contribution in [1.82, 2.24) is 5.32 Å². The van der Waals surface area contributed by atoms with Gasteiger partial charge in [0.15, 0.2) is 11.5 Å². The number of carbonyl (C=O) groups excluding carboxylic acids is 1. The van der Waals surface area contributed by atoms with Crippen molar-refractivity contribution in [2.75, 3.05) is 14.2 Å². The molecule has 5 heteroatoms. The van der Waals surface area contributed by atoms with Gasteiger partial charge in [-0.2, -0.15) is 0 Å². The maximum absolute atomic E-state index is 12.2. The van der Waals surface area contributed by atoms with Gasteiger partial charge >= 0.3 is 0 Å². The molecule has 2 rings (SSSR count). The molecule has 0 bridgehead atoms. The van der Waals surface area contributed by atoms with Gasteiger partial charge in [-0.3, -0.25) is 4.79 Å². The van der Waals surface area contributed by atoms with Crippen molar-refractivity contribution in [3.05, 3.63) is 58.1 Å². The van der Waals surface area contributed by atoms with Crippen molar-refractivity contribution in [2.45, 2.75) is 19.4 Å². The van der Waals surface area contributed by atoms with Gasteiger partial charge in [0, 0.05) is 4.47 Å². The third-order valence-corrected chi connectivity index (χ3v) is 4.09. The molecule has 0 aliphatic rings. The summed E-state index contributed by atoms with van der Waals surface area (Å²) in [6, 6.07) is 13.4. The average Bonchev–Trinajstić information content (AvgIpc) is 2.55. The van der Waals surface area contributed by atoms with Crippen molar-refractivity contribution in [2.24, 2.45) is 0 Å². The van der Waals surface area contributed by atoms with Crippen LogP contribution in [0.4, 0.5) is 0 Å². The molecule has 122 valence electrons. The zero-order valence-corrected chi connectivity index (χ0v) is 15.0. The van der Waals surface area contributed by atoms with Crippen molar-refractivity contribution in [3.8, 4) is 11.5 Å². The first-order chi connectivity index (χ1) is 11.0. The highest BCUT2D eigenvalue weighted by Crippen LogP contribution is 2.27. The molecule has 1 amide bonds. The number of benzene rings is 2. The van der Waals surface area contributed by atoms with E-state index in [1.165, 1.54) is 0 Å². The number of halogens is 1. The molecule has 2 aromatic rings. The largest absolute Gasteiger partial charge is 0.493 e. The van der Waals surface area contributed by atoms with Crippen LogP contribution in [0, 0.1) is 0 Å². The van der Waals surface area contributed by atoms with E-state index in [4.69, 9.17) is 9.47 Å². The van der Waals surface area contributed by atoms with Crippen LogP contribution in [-0.4, -0.2) is 20.1 Å². The summed E-state index contributed by atoms with van der Waals surface area (Å²) in [4.78, 5) is 12.2. The highest BCUT2D eigenvalue weighted by molar-refractivity contribution is 9.10. The van der Waals surface area contributed by atoms with Crippen LogP contribution < -0.4 is 14.8 Å². The van der Waals surface area contributed by atoms with E-state index in [1.807, 2.05) is 43.3 Å². The first kappa shape index (κ1) is 17.3. The Morgan fingerprint density at radius 2 is 1.74 bits per heavy atom. The molecule has 2 aromatic carbocycles. The Bertz CT molecular complexity index is 670. The lowest BCUT2D eigenvalue weighted by atomic mass is 10.1. The second kappa shape index (κ2) is 8.02. The molecule has 0 unspecified atom stereocenters. The molecular formula is C18H20BrNO3. The fraction of sp³-hybridized carbons (Fsp3) is 0.278. The highest BCUT2D eigenvalue weighted by atomic mass is 79.9. The van der Waals surface area contributed by atoms with Crippen LogP contribution in [0.25, 0.3) is 0 Å². The van der Waals surface area contributed by atoms with Crippen LogP contribution in [-0.2, 0) is 11.2 Å². The predicted octanol–water partition coefficient (Wildman–Crippen LogP) is 3.89. The van der Waals surface area contributed by atoms with Crippen LogP contribution in [0.15, 0.2) is 46.9 Å². The minimum atomic E-state index is -0.0456. The molecular weight excluding hydrogens is 358 g/mol. The molecule has 0 aromatic heterocycles. The molecule has 1 atom stereocenters. The third-order valence-electron chi connectivity index (χ3n) is 3.56. The standard InChI is InChI=1S/C18H20BrNO3/c1-12(14-5-7-15(19)8-6-14)20-18(21)11-13-4-9-16(22-2)17(10-13)23-3/h4-10,12H,11H2,1-3H3,(H,20,21)/t12-/m0/s1. The minimum absolute atomic E-state index is 0.0346. The maximum Gasteiger partial charge on any atom is 0.224 e. The van der Waals surface area contributed by atoms with Gasteiger partial charge in [-0.25, -0.2) is 0 Å². The van der Waals surface area contributed by atoms with E-state index in [1.54, 1.807) is 20.3 Å². The Balaban J connectivity index is 2.00. The van der Waals surface area contributed by atoms with Crippen LogP contribution in [0.5, 0.6) is 11.5 Å². The van der Waals surface area contributed by atoms with Crippen LogP contribution in [0.2, 0.25) is 0 Å².